The molecule has 0 unspecified atom stereocenters. The number of carboxylic acids is 1. The first-order chi connectivity index (χ1) is 6.72. The SMILES string of the molecule is COCCN(CC(=O)O)CC1CCC1. The molecule has 14 heavy (non-hydrogen) atoms. The fourth-order valence-corrected chi connectivity index (χ4v) is 1.69. The summed E-state index contributed by atoms with van der Waals surface area (Å²) in [7, 11) is 1.64. The van der Waals surface area contributed by atoms with Crippen molar-refractivity contribution in [1.82, 2.24) is 4.90 Å². The van der Waals surface area contributed by atoms with Gasteiger partial charge in [0.2, 0.25) is 0 Å². The molecule has 0 saturated heterocycles. The molecule has 0 aromatic rings. The van der Waals surface area contributed by atoms with Crippen LogP contribution in [0.3, 0.4) is 0 Å². The van der Waals surface area contributed by atoms with E-state index >= 15 is 0 Å². The number of hydrogen-bond donors (Lipinski definition) is 1. The van der Waals surface area contributed by atoms with Gasteiger partial charge in [0.25, 0.3) is 0 Å². The van der Waals surface area contributed by atoms with Crippen LogP contribution in [0, 0.1) is 5.92 Å². The number of rotatable bonds is 7. The zero-order valence-corrected chi connectivity index (χ0v) is 8.74. The minimum absolute atomic E-state index is 0.139. The largest absolute Gasteiger partial charge is 0.480 e. The molecule has 0 atom stereocenters. The van der Waals surface area contributed by atoms with E-state index in [0.29, 0.717) is 12.5 Å². The van der Waals surface area contributed by atoms with Crippen molar-refractivity contribution in [1.29, 1.82) is 0 Å². The summed E-state index contributed by atoms with van der Waals surface area (Å²) in [6.07, 6.45) is 3.81. The van der Waals surface area contributed by atoms with Crippen molar-refractivity contribution in [3.8, 4) is 0 Å². The van der Waals surface area contributed by atoms with Crippen LogP contribution in [-0.4, -0.2) is 49.3 Å². The highest BCUT2D eigenvalue weighted by Crippen LogP contribution is 2.26. The van der Waals surface area contributed by atoms with Crippen LogP contribution in [0.15, 0.2) is 0 Å². The van der Waals surface area contributed by atoms with E-state index in [1.807, 2.05) is 4.90 Å². The Morgan fingerprint density at radius 2 is 2.29 bits per heavy atom. The predicted octanol–water partition coefficient (Wildman–Crippen LogP) is 0.819. The summed E-state index contributed by atoms with van der Waals surface area (Å²) < 4.78 is 4.95. The Morgan fingerprint density at radius 3 is 2.71 bits per heavy atom. The van der Waals surface area contributed by atoms with Crippen molar-refractivity contribution in [2.75, 3.05) is 33.4 Å². The summed E-state index contributed by atoms with van der Waals surface area (Å²) in [6, 6.07) is 0. The molecule has 0 aromatic carbocycles. The van der Waals surface area contributed by atoms with Crippen molar-refractivity contribution in [3.05, 3.63) is 0 Å². The van der Waals surface area contributed by atoms with E-state index < -0.39 is 5.97 Å². The van der Waals surface area contributed by atoms with Crippen LogP contribution < -0.4 is 0 Å². The maximum absolute atomic E-state index is 10.6. The molecule has 0 amide bonds. The first-order valence-corrected chi connectivity index (χ1v) is 5.15. The van der Waals surface area contributed by atoms with Gasteiger partial charge < -0.3 is 9.84 Å². The normalized spacial score (nSPS) is 17.0. The van der Waals surface area contributed by atoms with Gasteiger partial charge in [0.15, 0.2) is 0 Å². The molecule has 0 spiro atoms. The number of methoxy groups -OCH3 is 1. The molecular formula is C10H19NO3. The summed E-state index contributed by atoms with van der Waals surface area (Å²) in [5.41, 5.74) is 0. The fraction of sp³-hybridized carbons (Fsp3) is 0.900. The summed E-state index contributed by atoms with van der Waals surface area (Å²) in [4.78, 5) is 12.5. The zero-order valence-electron chi connectivity index (χ0n) is 8.74. The first kappa shape index (κ1) is 11.5. The highest BCUT2D eigenvalue weighted by Gasteiger charge is 2.21. The second kappa shape index (κ2) is 5.98. The molecule has 0 radical (unpaired) electrons. The summed E-state index contributed by atoms with van der Waals surface area (Å²) in [6.45, 7) is 2.38. The highest BCUT2D eigenvalue weighted by molar-refractivity contribution is 5.69. The van der Waals surface area contributed by atoms with Crippen molar-refractivity contribution in [2.45, 2.75) is 19.3 Å². The number of aliphatic carboxylic acids is 1. The molecule has 1 saturated carbocycles. The van der Waals surface area contributed by atoms with Gasteiger partial charge in [0.1, 0.15) is 0 Å². The molecular weight excluding hydrogens is 182 g/mol. The number of hydrogen-bond acceptors (Lipinski definition) is 3. The molecule has 1 aliphatic rings. The van der Waals surface area contributed by atoms with E-state index in [0.717, 1.165) is 13.1 Å². The molecule has 0 bridgehead atoms. The minimum atomic E-state index is -0.750. The number of nitrogens with zero attached hydrogens (tertiary/aromatic N) is 1. The lowest BCUT2D eigenvalue weighted by molar-refractivity contribution is -0.138. The Morgan fingerprint density at radius 1 is 1.57 bits per heavy atom. The van der Waals surface area contributed by atoms with Gasteiger partial charge in [0.05, 0.1) is 13.2 Å². The van der Waals surface area contributed by atoms with Crippen LogP contribution in [0.4, 0.5) is 0 Å². The van der Waals surface area contributed by atoms with Gasteiger partial charge in [-0.1, -0.05) is 6.42 Å². The Hall–Kier alpha value is -0.610. The van der Waals surface area contributed by atoms with Crippen LogP contribution in [0.5, 0.6) is 0 Å². The molecule has 4 heteroatoms. The average Bonchev–Trinajstić information content (AvgIpc) is 2.05. The van der Waals surface area contributed by atoms with Gasteiger partial charge in [-0.25, -0.2) is 0 Å². The second-order valence-corrected chi connectivity index (χ2v) is 3.92. The number of ether oxygens (including phenoxy) is 1. The molecule has 4 nitrogen and oxygen atoms in total. The fourth-order valence-electron chi connectivity index (χ4n) is 1.69. The third-order valence-corrected chi connectivity index (χ3v) is 2.71. The first-order valence-electron chi connectivity index (χ1n) is 5.15. The predicted molar refractivity (Wildman–Crippen MR) is 53.3 cm³/mol. The van der Waals surface area contributed by atoms with Crippen molar-refractivity contribution in [3.63, 3.8) is 0 Å². The lowest BCUT2D eigenvalue weighted by Gasteiger charge is -2.31. The van der Waals surface area contributed by atoms with E-state index in [1.165, 1.54) is 19.3 Å². The van der Waals surface area contributed by atoms with E-state index in [2.05, 4.69) is 0 Å². The molecule has 0 aromatic heterocycles. The topological polar surface area (TPSA) is 49.8 Å². The van der Waals surface area contributed by atoms with Gasteiger partial charge in [0, 0.05) is 20.2 Å². The maximum atomic E-state index is 10.6. The van der Waals surface area contributed by atoms with Gasteiger partial charge >= 0.3 is 5.97 Å². The number of carbonyl (C=O) groups is 1. The number of carboxylic acid groups (broad SMARTS) is 1. The lowest BCUT2D eigenvalue weighted by Crippen LogP contribution is -2.38. The summed E-state index contributed by atoms with van der Waals surface area (Å²) in [5.74, 6) is -0.0355. The Balaban J connectivity index is 2.22. The second-order valence-electron chi connectivity index (χ2n) is 3.92. The molecule has 1 aliphatic carbocycles. The molecule has 1 N–H and O–H groups in total. The smallest absolute Gasteiger partial charge is 0.317 e. The van der Waals surface area contributed by atoms with E-state index in [9.17, 15) is 4.79 Å². The van der Waals surface area contributed by atoms with Gasteiger partial charge in [-0.2, -0.15) is 0 Å². The Labute approximate surface area is 84.8 Å². The van der Waals surface area contributed by atoms with Crippen molar-refractivity contribution in [2.24, 2.45) is 5.92 Å². The third-order valence-electron chi connectivity index (χ3n) is 2.71. The molecule has 82 valence electrons. The third kappa shape index (κ3) is 4.07. The van der Waals surface area contributed by atoms with Crippen molar-refractivity contribution < 1.29 is 14.6 Å². The Kier molecular flexibility index (Phi) is 4.90. The van der Waals surface area contributed by atoms with Crippen LogP contribution in [0.2, 0.25) is 0 Å². The molecule has 1 fully saturated rings. The maximum Gasteiger partial charge on any atom is 0.317 e. The standard InChI is InChI=1S/C10H19NO3/c1-14-6-5-11(8-10(12)13)7-9-3-2-4-9/h9H,2-8H2,1H3,(H,12,13). The molecule has 0 heterocycles. The van der Waals surface area contributed by atoms with Crippen molar-refractivity contribution >= 4 is 5.97 Å². The average molecular weight is 201 g/mol. The van der Waals surface area contributed by atoms with Crippen LogP contribution in [0.25, 0.3) is 0 Å². The Bertz CT molecular complexity index is 180. The lowest BCUT2D eigenvalue weighted by atomic mass is 9.85. The summed E-state index contributed by atoms with van der Waals surface area (Å²) in [5, 5.41) is 8.70. The van der Waals surface area contributed by atoms with E-state index in [4.69, 9.17) is 9.84 Å². The van der Waals surface area contributed by atoms with Gasteiger partial charge in [-0.05, 0) is 18.8 Å². The van der Waals surface area contributed by atoms with Crippen LogP contribution in [-0.2, 0) is 9.53 Å². The van der Waals surface area contributed by atoms with E-state index in [-0.39, 0.29) is 6.54 Å². The monoisotopic (exact) mass is 201 g/mol. The zero-order chi connectivity index (χ0) is 10.4. The summed E-state index contributed by atoms with van der Waals surface area (Å²) >= 11 is 0. The van der Waals surface area contributed by atoms with Gasteiger partial charge in [-0.15, -0.1) is 0 Å². The van der Waals surface area contributed by atoms with Gasteiger partial charge in [-0.3, -0.25) is 9.69 Å². The quantitative estimate of drug-likeness (QED) is 0.662. The minimum Gasteiger partial charge on any atom is -0.480 e. The van der Waals surface area contributed by atoms with E-state index in [1.54, 1.807) is 7.11 Å². The van der Waals surface area contributed by atoms with Crippen LogP contribution >= 0.6 is 0 Å². The van der Waals surface area contributed by atoms with Crippen LogP contribution in [0.1, 0.15) is 19.3 Å². The highest BCUT2D eigenvalue weighted by atomic mass is 16.5. The molecule has 0 aliphatic heterocycles. The molecule has 1 rings (SSSR count).